The highest BCUT2D eigenvalue weighted by Gasteiger charge is 2.19. The van der Waals surface area contributed by atoms with E-state index < -0.39 is 0 Å². The summed E-state index contributed by atoms with van der Waals surface area (Å²) in [7, 11) is 0. The molecule has 2 heterocycles. The number of fused-ring (bicyclic) bond motifs is 1. The third kappa shape index (κ3) is 2.29. The van der Waals surface area contributed by atoms with Crippen molar-refractivity contribution in [3.8, 4) is 0 Å². The zero-order valence-corrected chi connectivity index (χ0v) is 10.5. The summed E-state index contributed by atoms with van der Waals surface area (Å²) in [6.45, 7) is 2.94. The molecule has 0 radical (unpaired) electrons. The average molecular weight is 243 g/mol. The van der Waals surface area contributed by atoms with Gasteiger partial charge in [0.25, 0.3) is 0 Å². The minimum Gasteiger partial charge on any atom is -0.378 e. The van der Waals surface area contributed by atoms with Gasteiger partial charge in [-0.3, -0.25) is 0 Å². The number of para-hydroxylation sites is 1. The Morgan fingerprint density at radius 3 is 3.06 bits per heavy atom. The van der Waals surface area contributed by atoms with Crippen LogP contribution in [0.25, 0.3) is 10.9 Å². The third-order valence-corrected chi connectivity index (χ3v) is 3.37. The lowest BCUT2D eigenvalue weighted by Crippen LogP contribution is -2.32. The fraction of sp³-hybridized carbons (Fsp3) is 0.429. The molecule has 1 N–H and O–H groups in total. The Morgan fingerprint density at radius 1 is 1.28 bits per heavy atom. The average Bonchev–Trinajstić information content (AvgIpc) is 2.39. The van der Waals surface area contributed by atoms with Gasteiger partial charge in [-0.1, -0.05) is 12.1 Å². The highest BCUT2D eigenvalue weighted by atomic mass is 16.5. The molecule has 18 heavy (non-hydrogen) atoms. The standard InChI is InChI=1S/C14H17N3O/c1-10-8-11(6-7-18-10)17-14-12-4-2-3-5-13(12)15-9-16-14/h2-5,9-11H,6-8H2,1H3,(H,15,16,17). The maximum atomic E-state index is 5.56. The first kappa shape index (κ1) is 11.4. The zero-order valence-electron chi connectivity index (χ0n) is 10.5. The summed E-state index contributed by atoms with van der Waals surface area (Å²) < 4.78 is 5.56. The van der Waals surface area contributed by atoms with Gasteiger partial charge in [0, 0.05) is 18.0 Å². The van der Waals surface area contributed by atoms with Crippen LogP contribution >= 0.6 is 0 Å². The van der Waals surface area contributed by atoms with Gasteiger partial charge in [-0.25, -0.2) is 9.97 Å². The van der Waals surface area contributed by atoms with Crippen LogP contribution in [0.1, 0.15) is 19.8 Å². The van der Waals surface area contributed by atoms with E-state index in [1.807, 2.05) is 18.2 Å². The van der Waals surface area contributed by atoms with E-state index in [0.717, 1.165) is 36.2 Å². The van der Waals surface area contributed by atoms with E-state index in [4.69, 9.17) is 4.74 Å². The number of rotatable bonds is 2. The first-order valence-corrected chi connectivity index (χ1v) is 6.41. The molecule has 1 aromatic heterocycles. The highest BCUT2D eigenvalue weighted by Crippen LogP contribution is 2.22. The molecular weight excluding hydrogens is 226 g/mol. The molecule has 1 aliphatic rings. The largest absolute Gasteiger partial charge is 0.378 e. The summed E-state index contributed by atoms with van der Waals surface area (Å²) in [4.78, 5) is 8.64. The van der Waals surface area contributed by atoms with E-state index in [1.54, 1.807) is 6.33 Å². The van der Waals surface area contributed by atoms with Crippen LogP contribution in [-0.4, -0.2) is 28.7 Å². The van der Waals surface area contributed by atoms with Crippen molar-refractivity contribution in [3.05, 3.63) is 30.6 Å². The Kier molecular flexibility index (Phi) is 3.11. The van der Waals surface area contributed by atoms with E-state index in [-0.39, 0.29) is 0 Å². The van der Waals surface area contributed by atoms with Crippen molar-refractivity contribution in [2.45, 2.75) is 31.9 Å². The molecule has 0 amide bonds. The zero-order chi connectivity index (χ0) is 12.4. The summed E-state index contributed by atoms with van der Waals surface area (Å²) in [6.07, 6.45) is 4.00. The first-order valence-electron chi connectivity index (χ1n) is 6.41. The molecule has 1 aromatic carbocycles. The van der Waals surface area contributed by atoms with E-state index in [1.165, 1.54) is 0 Å². The van der Waals surface area contributed by atoms with Gasteiger partial charge in [-0.05, 0) is 31.9 Å². The topological polar surface area (TPSA) is 47.0 Å². The van der Waals surface area contributed by atoms with Crippen molar-refractivity contribution in [2.24, 2.45) is 0 Å². The van der Waals surface area contributed by atoms with Gasteiger partial charge in [0.15, 0.2) is 0 Å². The molecule has 0 spiro atoms. The van der Waals surface area contributed by atoms with Gasteiger partial charge in [-0.15, -0.1) is 0 Å². The second-order valence-corrected chi connectivity index (χ2v) is 4.79. The number of nitrogens with one attached hydrogen (secondary N) is 1. The molecule has 0 saturated carbocycles. The van der Waals surface area contributed by atoms with Crippen molar-refractivity contribution < 1.29 is 4.74 Å². The number of nitrogens with zero attached hydrogens (tertiary/aromatic N) is 2. The number of aromatic nitrogens is 2. The lowest BCUT2D eigenvalue weighted by Gasteiger charge is -2.28. The predicted molar refractivity (Wildman–Crippen MR) is 71.6 cm³/mol. The van der Waals surface area contributed by atoms with Crippen molar-refractivity contribution in [1.29, 1.82) is 0 Å². The first-order chi connectivity index (χ1) is 8.83. The van der Waals surface area contributed by atoms with E-state index in [2.05, 4.69) is 28.3 Å². The van der Waals surface area contributed by atoms with Gasteiger partial charge in [0.1, 0.15) is 12.1 Å². The highest BCUT2D eigenvalue weighted by molar-refractivity contribution is 5.88. The van der Waals surface area contributed by atoms with Crippen molar-refractivity contribution in [2.75, 3.05) is 11.9 Å². The Balaban J connectivity index is 1.86. The van der Waals surface area contributed by atoms with Gasteiger partial charge in [-0.2, -0.15) is 0 Å². The van der Waals surface area contributed by atoms with Crippen molar-refractivity contribution >= 4 is 16.7 Å². The van der Waals surface area contributed by atoms with Crippen LogP contribution < -0.4 is 5.32 Å². The molecule has 2 aromatic rings. The van der Waals surface area contributed by atoms with Crippen LogP contribution in [0, 0.1) is 0 Å². The fourth-order valence-corrected chi connectivity index (χ4v) is 2.44. The van der Waals surface area contributed by atoms with Crippen molar-refractivity contribution in [3.63, 3.8) is 0 Å². The minimum atomic E-state index is 0.323. The number of hydrogen-bond acceptors (Lipinski definition) is 4. The third-order valence-electron chi connectivity index (χ3n) is 3.37. The molecule has 4 heteroatoms. The Hall–Kier alpha value is -1.68. The number of hydrogen-bond donors (Lipinski definition) is 1. The number of benzene rings is 1. The van der Waals surface area contributed by atoms with Crippen LogP contribution in [0.5, 0.6) is 0 Å². The van der Waals surface area contributed by atoms with Crippen LogP contribution in [0.15, 0.2) is 30.6 Å². The summed E-state index contributed by atoms with van der Waals surface area (Å²) in [5.74, 6) is 0.930. The SMILES string of the molecule is CC1CC(Nc2ncnc3ccccc23)CCO1. The minimum absolute atomic E-state index is 0.323. The van der Waals surface area contributed by atoms with E-state index in [0.29, 0.717) is 12.1 Å². The summed E-state index contributed by atoms with van der Waals surface area (Å²) in [5, 5.41) is 4.61. The van der Waals surface area contributed by atoms with Crippen LogP contribution in [0.2, 0.25) is 0 Å². The number of anilines is 1. The molecule has 2 atom stereocenters. The molecule has 1 saturated heterocycles. The quantitative estimate of drug-likeness (QED) is 0.880. The second-order valence-electron chi connectivity index (χ2n) is 4.79. The Bertz CT molecular complexity index is 538. The molecule has 1 aliphatic heterocycles. The molecular formula is C14H17N3O. The molecule has 2 unspecified atom stereocenters. The van der Waals surface area contributed by atoms with Gasteiger partial charge < -0.3 is 10.1 Å². The van der Waals surface area contributed by atoms with Crippen LogP contribution in [0.4, 0.5) is 5.82 Å². The van der Waals surface area contributed by atoms with Crippen LogP contribution in [-0.2, 0) is 4.74 Å². The normalized spacial score (nSPS) is 24.1. The Morgan fingerprint density at radius 2 is 2.17 bits per heavy atom. The summed E-state index contributed by atoms with van der Waals surface area (Å²) in [5.41, 5.74) is 0.982. The maximum absolute atomic E-state index is 5.56. The molecule has 94 valence electrons. The summed E-state index contributed by atoms with van der Waals surface area (Å²) in [6, 6.07) is 8.51. The lowest BCUT2D eigenvalue weighted by molar-refractivity contribution is 0.0232. The molecule has 1 fully saturated rings. The lowest BCUT2D eigenvalue weighted by atomic mass is 10.0. The predicted octanol–water partition coefficient (Wildman–Crippen LogP) is 2.61. The van der Waals surface area contributed by atoms with Gasteiger partial charge in [0.2, 0.25) is 0 Å². The Labute approximate surface area is 106 Å². The molecule has 4 nitrogen and oxygen atoms in total. The van der Waals surface area contributed by atoms with E-state index >= 15 is 0 Å². The molecule has 3 rings (SSSR count). The van der Waals surface area contributed by atoms with Crippen LogP contribution in [0.3, 0.4) is 0 Å². The van der Waals surface area contributed by atoms with Gasteiger partial charge >= 0.3 is 0 Å². The van der Waals surface area contributed by atoms with Gasteiger partial charge in [0.05, 0.1) is 11.6 Å². The van der Waals surface area contributed by atoms with Crippen molar-refractivity contribution in [1.82, 2.24) is 9.97 Å². The number of ether oxygens (including phenoxy) is 1. The van der Waals surface area contributed by atoms with E-state index in [9.17, 15) is 0 Å². The maximum Gasteiger partial charge on any atom is 0.137 e. The monoisotopic (exact) mass is 243 g/mol. The second kappa shape index (κ2) is 4.90. The molecule has 0 aliphatic carbocycles. The molecule has 0 bridgehead atoms. The smallest absolute Gasteiger partial charge is 0.137 e. The summed E-state index contributed by atoms with van der Waals surface area (Å²) >= 11 is 0. The fourth-order valence-electron chi connectivity index (χ4n) is 2.44.